The lowest BCUT2D eigenvalue weighted by Crippen LogP contribution is -2.07. The first-order chi connectivity index (χ1) is 7.20. The molecular formula is C10H11NO4. The minimum absolute atomic E-state index is 0.000317. The number of rotatable bonds is 5. The number of esters is 1. The molecule has 0 radical (unpaired) electrons. The summed E-state index contributed by atoms with van der Waals surface area (Å²) in [7, 11) is 0. The number of carboxylic acid groups (broad SMARTS) is 1. The van der Waals surface area contributed by atoms with Gasteiger partial charge in [0.05, 0.1) is 12.2 Å². The standard InChI is InChI=1S/C10H11NO4/c12-9(13)4-2-6-15-10(14)8-3-1-5-11-7-8/h1,3,5,7H,2,4,6H2,(H,12,13). The SMILES string of the molecule is O=C(O)CCCOC(=O)c1cccnc1. The number of aromatic nitrogens is 1. The zero-order valence-electron chi connectivity index (χ0n) is 8.05. The summed E-state index contributed by atoms with van der Waals surface area (Å²) in [5, 5.41) is 8.35. The van der Waals surface area contributed by atoms with Gasteiger partial charge < -0.3 is 9.84 Å². The molecule has 5 nitrogen and oxygen atoms in total. The van der Waals surface area contributed by atoms with Crippen LogP contribution < -0.4 is 0 Å². The summed E-state index contributed by atoms with van der Waals surface area (Å²) >= 11 is 0. The fraction of sp³-hybridized carbons (Fsp3) is 0.300. The number of hydrogen-bond donors (Lipinski definition) is 1. The van der Waals surface area contributed by atoms with Crippen molar-refractivity contribution in [2.24, 2.45) is 0 Å². The number of carbonyl (C=O) groups is 2. The van der Waals surface area contributed by atoms with Gasteiger partial charge in [0.25, 0.3) is 0 Å². The molecular weight excluding hydrogens is 198 g/mol. The molecule has 0 amide bonds. The van der Waals surface area contributed by atoms with E-state index in [-0.39, 0.29) is 13.0 Å². The van der Waals surface area contributed by atoms with Crippen molar-refractivity contribution in [1.29, 1.82) is 0 Å². The van der Waals surface area contributed by atoms with Crippen molar-refractivity contribution < 1.29 is 19.4 Å². The second-order valence-corrected chi connectivity index (χ2v) is 2.87. The first-order valence-corrected chi connectivity index (χ1v) is 4.49. The molecule has 1 aromatic heterocycles. The highest BCUT2D eigenvalue weighted by atomic mass is 16.5. The molecule has 1 rings (SSSR count). The Balaban J connectivity index is 2.28. The van der Waals surface area contributed by atoms with Crippen LogP contribution in [0.1, 0.15) is 23.2 Å². The van der Waals surface area contributed by atoms with Gasteiger partial charge in [-0.1, -0.05) is 0 Å². The van der Waals surface area contributed by atoms with Gasteiger partial charge in [-0.3, -0.25) is 9.78 Å². The van der Waals surface area contributed by atoms with Crippen LogP contribution >= 0.6 is 0 Å². The van der Waals surface area contributed by atoms with E-state index in [0.29, 0.717) is 12.0 Å². The molecule has 0 fully saturated rings. The molecule has 0 aromatic carbocycles. The highest BCUT2D eigenvalue weighted by Gasteiger charge is 2.06. The van der Waals surface area contributed by atoms with E-state index in [4.69, 9.17) is 9.84 Å². The summed E-state index contributed by atoms with van der Waals surface area (Å²) in [5.74, 6) is -1.37. The number of carbonyl (C=O) groups excluding carboxylic acids is 1. The Kier molecular flexibility index (Phi) is 4.28. The van der Waals surface area contributed by atoms with Gasteiger partial charge in [0.15, 0.2) is 0 Å². The lowest BCUT2D eigenvalue weighted by atomic mass is 10.3. The summed E-state index contributed by atoms with van der Waals surface area (Å²) in [5.41, 5.74) is 0.368. The van der Waals surface area contributed by atoms with E-state index >= 15 is 0 Å². The Morgan fingerprint density at radius 3 is 2.87 bits per heavy atom. The maximum absolute atomic E-state index is 11.3. The van der Waals surface area contributed by atoms with Crippen LogP contribution in [0.25, 0.3) is 0 Å². The fourth-order valence-corrected chi connectivity index (χ4v) is 0.955. The van der Waals surface area contributed by atoms with Gasteiger partial charge in [0.1, 0.15) is 0 Å². The van der Waals surface area contributed by atoms with Crippen LogP contribution in [-0.2, 0) is 9.53 Å². The van der Waals surface area contributed by atoms with Crippen molar-refractivity contribution in [3.63, 3.8) is 0 Å². The molecule has 1 N–H and O–H groups in total. The smallest absolute Gasteiger partial charge is 0.339 e. The Morgan fingerprint density at radius 1 is 1.47 bits per heavy atom. The number of ether oxygens (including phenoxy) is 1. The summed E-state index contributed by atoms with van der Waals surface area (Å²) in [6, 6.07) is 3.22. The van der Waals surface area contributed by atoms with Crippen LogP contribution in [0, 0.1) is 0 Å². The maximum atomic E-state index is 11.3. The lowest BCUT2D eigenvalue weighted by Gasteiger charge is -2.02. The number of hydrogen-bond acceptors (Lipinski definition) is 4. The topological polar surface area (TPSA) is 76.5 Å². The molecule has 0 unspecified atom stereocenters. The molecule has 0 atom stereocenters. The van der Waals surface area contributed by atoms with E-state index in [1.807, 2.05) is 0 Å². The third-order valence-corrected chi connectivity index (χ3v) is 1.67. The first kappa shape index (κ1) is 11.2. The van der Waals surface area contributed by atoms with E-state index in [2.05, 4.69) is 4.98 Å². The number of carboxylic acids is 1. The van der Waals surface area contributed by atoms with Crippen molar-refractivity contribution in [2.45, 2.75) is 12.8 Å². The zero-order valence-corrected chi connectivity index (χ0v) is 8.05. The largest absolute Gasteiger partial charge is 0.481 e. The van der Waals surface area contributed by atoms with Crippen LogP contribution in [0.15, 0.2) is 24.5 Å². The average Bonchev–Trinajstić information content (AvgIpc) is 2.25. The predicted molar refractivity (Wildman–Crippen MR) is 51.4 cm³/mol. The van der Waals surface area contributed by atoms with E-state index in [1.165, 1.54) is 6.20 Å². The third-order valence-electron chi connectivity index (χ3n) is 1.67. The zero-order chi connectivity index (χ0) is 11.1. The summed E-state index contributed by atoms with van der Waals surface area (Å²) in [6.07, 6.45) is 3.28. The molecule has 0 aliphatic carbocycles. The van der Waals surface area contributed by atoms with Gasteiger partial charge in [-0.15, -0.1) is 0 Å². The average molecular weight is 209 g/mol. The number of nitrogens with zero attached hydrogens (tertiary/aromatic N) is 1. The summed E-state index contributed by atoms with van der Waals surface area (Å²) < 4.78 is 4.84. The van der Waals surface area contributed by atoms with Crippen LogP contribution in [-0.4, -0.2) is 28.6 Å². The number of pyridine rings is 1. The van der Waals surface area contributed by atoms with Gasteiger partial charge in [0.2, 0.25) is 0 Å². The monoisotopic (exact) mass is 209 g/mol. The second-order valence-electron chi connectivity index (χ2n) is 2.87. The number of aliphatic carboxylic acids is 1. The van der Waals surface area contributed by atoms with Gasteiger partial charge in [0, 0.05) is 18.8 Å². The Bertz CT molecular complexity index is 337. The molecule has 80 valence electrons. The van der Waals surface area contributed by atoms with Crippen molar-refractivity contribution in [1.82, 2.24) is 4.98 Å². The molecule has 1 aromatic rings. The van der Waals surface area contributed by atoms with Crippen LogP contribution in [0.3, 0.4) is 0 Å². The van der Waals surface area contributed by atoms with Crippen molar-refractivity contribution in [3.05, 3.63) is 30.1 Å². The normalized spacial score (nSPS) is 9.60. The predicted octanol–water partition coefficient (Wildman–Crippen LogP) is 1.10. The second kappa shape index (κ2) is 5.74. The highest BCUT2D eigenvalue weighted by molar-refractivity contribution is 5.88. The third kappa shape index (κ3) is 4.21. The highest BCUT2D eigenvalue weighted by Crippen LogP contribution is 2.00. The molecule has 0 aliphatic rings. The Morgan fingerprint density at radius 2 is 2.27 bits per heavy atom. The maximum Gasteiger partial charge on any atom is 0.339 e. The quantitative estimate of drug-likeness (QED) is 0.580. The van der Waals surface area contributed by atoms with Crippen molar-refractivity contribution >= 4 is 11.9 Å². The van der Waals surface area contributed by atoms with E-state index in [9.17, 15) is 9.59 Å². The molecule has 5 heteroatoms. The first-order valence-electron chi connectivity index (χ1n) is 4.49. The van der Waals surface area contributed by atoms with E-state index in [0.717, 1.165) is 0 Å². The van der Waals surface area contributed by atoms with Gasteiger partial charge in [-0.05, 0) is 18.6 Å². The minimum atomic E-state index is -0.896. The molecule has 0 saturated heterocycles. The van der Waals surface area contributed by atoms with Crippen LogP contribution in [0.2, 0.25) is 0 Å². The van der Waals surface area contributed by atoms with Gasteiger partial charge >= 0.3 is 11.9 Å². The summed E-state index contributed by atoms with van der Waals surface area (Å²) in [4.78, 5) is 25.2. The fourth-order valence-electron chi connectivity index (χ4n) is 0.955. The molecule has 15 heavy (non-hydrogen) atoms. The molecule has 0 spiro atoms. The Hall–Kier alpha value is -1.91. The molecule has 0 saturated carbocycles. The lowest BCUT2D eigenvalue weighted by molar-refractivity contribution is -0.137. The van der Waals surface area contributed by atoms with Crippen LogP contribution in [0.4, 0.5) is 0 Å². The van der Waals surface area contributed by atoms with Crippen molar-refractivity contribution in [2.75, 3.05) is 6.61 Å². The molecule has 1 heterocycles. The van der Waals surface area contributed by atoms with Crippen LogP contribution in [0.5, 0.6) is 0 Å². The molecule has 0 bridgehead atoms. The van der Waals surface area contributed by atoms with Gasteiger partial charge in [-0.2, -0.15) is 0 Å². The Labute approximate surface area is 86.7 Å². The summed E-state index contributed by atoms with van der Waals surface area (Å²) in [6.45, 7) is 0.111. The van der Waals surface area contributed by atoms with E-state index in [1.54, 1.807) is 18.3 Å². The minimum Gasteiger partial charge on any atom is -0.481 e. The molecule has 0 aliphatic heterocycles. The van der Waals surface area contributed by atoms with Gasteiger partial charge in [-0.25, -0.2) is 4.79 Å². The van der Waals surface area contributed by atoms with E-state index < -0.39 is 11.9 Å². The van der Waals surface area contributed by atoms with Crippen molar-refractivity contribution in [3.8, 4) is 0 Å².